The summed E-state index contributed by atoms with van der Waals surface area (Å²) in [4.78, 5) is 16.1. The second kappa shape index (κ2) is 5.35. The first-order chi connectivity index (χ1) is 9.76. The molecule has 1 saturated carbocycles. The van der Waals surface area contributed by atoms with Crippen LogP contribution in [0.4, 0.5) is 5.69 Å². The SMILES string of the molecule is C#CCNCC(=O)Nc1ccc2oc(C3CC3)nc2c1. The average Bonchev–Trinajstić information content (AvgIpc) is 3.19. The van der Waals surface area contributed by atoms with Crippen LogP contribution in [0.1, 0.15) is 24.7 Å². The standard InChI is InChI=1S/C15H15N3O2/c1-2-7-16-9-14(19)17-11-5-6-13-12(8-11)18-15(20-13)10-3-4-10/h1,5-6,8,10,16H,3-4,7,9H2,(H,17,19). The zero-order valence-corrected chi connectivity index (χ0v) is 11.0. The molecule has 0 saturated heterocycles. The second-order valence-corrected chi connectivity index (χ2v) is 4.86. The maximum Gasteiger partial charge on any atom is 0.238 e. The summed E-state index contributed by atoms with van der Waals surface area (Å²) in [6.07, 6.45) is 7.40. The topological polar surface area (TPSA) is 67.2 Å². The van der Waals surface area contributed by atoms with Crippen molar-refractivity contribution in [1.29, 1.82) is 0 Å². The van der Waals surface area contributed by atoms with Gasteiger partial charge in [-0.3, -0.25) is 10.1 Å². The van der Waals surface area contributed by atoms with E-state index in [4.69, 9.17) is 10.8 Å². The quantitative estimate of drug-likeness (QED) is 0.642. The van der Waals surface area contributed by atoms with Crippen molar-refractivity contribution in [3.63, 3.8) is 0 Å². The van der Waals surface area contributed by atoms with Crippen molar-refractivity contribution >= 4 is 22.7 Å². The molecule has 1 heterocycles. The number of rotatable bonds is 5. The van der Waals surface area contributed by atoms with Gasteiger partial charge in [0, 0.05) is 11.6 Å². The van der Waals surface area contributed by atoms with E-state index in [0.717, 1.165) is 29.8 Å². The number of carbonyl (C=O) groups is 1. The van der Waals surface area contributed by atoms with Gasteiger partial charge in [0.1, 0.15) is 5.52 Å². The van der Waals surface area contributed by atoms with E-state index >= 15 is 0 Å². The maximum absolute atomic E-state index is 11.7. The molecule has 1 aromatic carbocycles. The molecule has 1 aliphatic rings. The lowest BCUT2D eigenvalue weighted by atomic mass is 10.3. The highest BCUT2D eigenvalue weighted by molar-refractivity contribution is 5.94. The fraction of sp³-hybridized carbons (Fsp3) is 0.333. The van der Waals surface area contributed by atoms with Crippen LogP contribution in [0.3, 0.4) is 0 Å². The molecule has 3 rings (SSSR count). The predicted molar refractivity (Wildman–Crippen MR) is 76.3 cm³/mol. The molecule has 0 bridgehead atoms. The molecular weight excluding hydrogens is 254 g/mol. The van der Waals surface area contributed by atoms with Crippen LogP contribution in [-0.4, -0.2) is 24.0 Å². The van der Waals surface area contributed by atoms with Gasteiger partial charge in [-0.25, -0.2) is 4.98 Å². The van der Waals surface area contributed by atoms with Crippen molar-refractivity contribution in [2.24, 2.45) is 0 Å². The van der Waals surface area contributed by atoms with Crippen LogP contribution in [0.15, 0.2) is 22.6 Å². The lowest BCUT2D eigenvalue weighted by Gasteiger charge is -2.04. The first kappa shape index (κ1) is 12.7. The number of benzene rings is 1. The minimum atomic E-state index is -0.134. The summed E-state index contributed by atoms with van der Waals surface area (Å²) in [6.45, 7) is 0.564. The highest BCUT2D eigenvalue weighted by Crippen LogP contribution is 2.40. The zero-order valence-electron chi connectivity index (χ0n) is 11.0. The Labute approximate surface area is 116 Å². The smallest absolute Gasteiger partial charge is 0.238 e. The van der Waals surface area contributed by atoms with Gasteiger partial charge in [0.05, 0.1) is 13.1 Å². The predicted octanol–water partition coefficient (Wildman–Crippen LogP) is 1.87. The molecule has 1 aromatic heterocycles. The first-order valence-electron chi connectivity index (χ1n) is 6.61. The molecular formula is C15H15N3O2. The fourth-order valence-corrected chi connectivity index (χ4v) is 1.98. The summed E-state index contributed by atoms with van der Waals surface area (Å²) in [5, 5.41) is 5.63. The molecule has 1 amide bonds. The normalized spacial score (nSPS) is 14.2. The number of aromatic nitrogens is 1. The number of hydrogen-bond acceptors (Lipinski definition) is 4. The Kier molecular flexibility index (Phi) is 3.40. The number of terminal acetylenes is 1. The van der Waals surface area contributed by atoms with Crippen LogP contribution in [0.25, 0.3) is 11.1 Å². The van der Waals surface area contributed by atoms with E-state index < -0.39 is 0 Å². The van der Waals surface area contributed by atoms with E-state index in [2.05, 4.69) is 21.5 Å². The number of anilines is 1. The molecule has 1 aliphatic carbocycles. The summed E-state index contributed by atoms with van der Waals surface area (Å²) in [5.74, 6) is 3.57. The monoisotopic (exact) mass is 269 g/mol. The molecule has 5 nitrogen and oxygen atoms in total. The minimum absolute atomic E-state index is 0.134. The Morgan fingerprint density at radius 3 is 3.10 bits per heavy atom. The maximum atomic E-state index is 11.7. The molecule has 0 unspecified atom stereocenters. The van der Waals surface area contributed by atoms with E-state index in [-0.39, 0.29) is 12.5 Å². The van der Waals surface area contributed by atoms with Crippen LogP contribution < -0.4 is 10.6 Å². The van der Waals surface area contributed by atoms with Gasteiger partial charge in [-0.05, 0) is 31.0 Å². The van der Waals surface area contributed by atoms with Crippen molar-refractivity contribution in [2.45, 2.75) is 18.8 Å². The summed E-state index contributed by atoms with van der Waals surface area (Å²) < 4.78 is 5.67. The van der Waals surface area contributed by atoms with Gasteiger partial charge in [0.2, 0.25) is 5.91 Å². The van der Waals surface area contributed by atoms with E-state index in [1.165, 1.54) is 0 Å². The molecule has 0 atom stereocenters. The van der Waals surface area contributed by atoms with Gasteiger partial charge in [0.15, 0.2) is 11.5 Å². The van der Waals surface area contributed by atoms with Gasteiger partial charge in [-0.1, -0.05) is 5.92 Å². The van der Waals surface area contributed by atoms with Gasteiger partial charge in [-0.15, -0.1) is 6.42 Å². The van der Waals surface area contributed by atoms with Crippen LogP contribution in [0.2, 0.25) is 0 Å². The molecule has 20 heavy (non-hydrogen) atoms. The fourth-order valence-electron chi connectivity index (χ4n) is 1.98. The van der Waals surface area contributed by atoms with Crippen molar-refractivity contribution in [2.75, 3.05) is 18.4 Å². The average molecular weight is 269 g/mol. The highest BCUT2D eigenvalue weighted by Gasteiger charge is 2.28. The van der Waals surface area contributed by atoms with Gasteiger partial charge < -0.3 is 9.73 Å². The zero-order chi connectivity index (χ0) is 13.9. The van der Waals surface area contributed by atoms with Crippen LogP contribution in [0.5, 0.6) is 0 Å². The molecule has 0 spiro atoms. The van der Waals surface area contributed by atoms with E-state index in [1.54, 1.807) is 0 Å². The molecule has 0 radical (unpaired) electrons. The van der Waals surface area contributed by atoms with Gasteiger partial charge in [-0.2, -0.15) is 0 Å². The third-order valence-electron chi connectivity index (χ3n) is 3.13. The summed E-state index contributed by atoms with van der Waals surface area (Å²) in [7, 11) is 0. The largest absolute Gasteiger partial charge is 0.440 e. The number of amides is 1. The van der Waals surface area contributed by atoms with E-state index in [1.807, 2.05) is 18.2 Å². The summed E-state index contributed by atoms with van der Waals surface area (Å²) in [6, 6.07) is 5.46. The number of fused-ring (bicyclic) bond motifs is 1. The minimum Gasteiger partial charge on any atom is -0.440 e. The number of oxazole rings is 1. The highest BCUT2D eigenvalue weighted by atomic mass is 16.3. The third-order valence-corrected chi connectivity index (χ3v) is 3.13. The first-order valence-corrected chi connectivity index (χ1v) is 6.61. The Hall–Kier alpha value is -2.32. The number of carbonyl (C=O) groups excluding carboxylic acids is 1. The number of nitrogens with one attached hydrogen (secondary N) is 2. The lowest BCUT2D eigenvalue weighted by molar-refractivity contribution is -0.115. The van der Waals surface area contributed by atoms with Gasteiger partial charge in [0.25, 0.3) is 0 Å². The van der Waals surface area contributed by atoms with Crippen LogP contribution in [0, 0.1) is 12.3 Å². The third kappa shape index (κ3) is 2.81. The number of hydrogen-bond donors (Lipinski definition) is 2. The summed E-state index contributed by atoms with van der Waals surface area (Å²) in [5.41, 5.74) is 2.25. The van der Waals surface area contributed by atoms with Crippen molar-refractivity contribution in [1.82, 2.24) is 10.3 Å². The van der Waals surface area contributed by atoms with Gasteiger partial charge >= 0.3 is 0 Å². The molecule has 102 valence electrons. The molecule has 0 aliphatic heterocycles. The van der Waals surface area contributed by atoms with Crippen molar-refractivity contribution < 1.29 is 9.21 Å². The summed E-state index contributed by atoms with van der Waals surface area (Å²) >= 11 is 0. The van der Waals surface area contributed by atoms with E-state index in [9.17, 15) is 4.79 Å². The molecule has 1 fully saturated rings. The lowest BCUT2D eigenvalue weighted by Crippen LogP contribution is -2.28. The Bertz CT molecular complexity index is 680. The Morgan fingerprint density at radius 1 is 1.50 bits per heavy atom. The number of nitrogens with zero attached hydrogens (tertiary/aromatic N) is 1. The molecule has 2 aromatic rings. The van der Waals surface area contributed by atoms with Crippen LogP contribution in [-0.2, 0) is 4.79 Å². The second-order valence-electron chi connectivity index (χ2n) is 4.86. The van der Waals surface area contributed by atoms with Crippen LogP contribution >= 0.6 is 0 Å². The molecule has 5 heteroatoms. The van der Waals surface area contributed by atoms with E-state index in [0.29, 0.717) is 18.2 Å². The van der Waals surface area contributed by atoms with Crippen molar-refractivity contribution in [3.8, 4) is 12.3 Å². The Balaban J connectivity index is 1.69. The van der Waals surface area contributed by atoms with Crippen molar-refractivity contribution in [3.05, 3.63) is 24.1 Å². The Morgan fingerprint density at radius 2 is 2.35 bits per heavy atom. The molecule has 2 N–H and O–H groups in total.